The fraction of sp³-hybridized carbons (Fsp3) is 0.517. The lowest BCUT2D eigenvalue weighted by Crippen LogP contribution is -2.54. The first-order chi connectivity index (χ1) is 18.7. The van der Waals surface area contributed by atoms with Crippen molar-refractivity contribution in [2.24, 2.45) is 0 Å². The maximum absolute atomic E-state index is 14.0. The molecule has 2 aromatic rings. The van der Waals surface area contributed by atoms with E-state index in [1.54, 1.807) is 18.2 Å². The molecule has 1 atom stereocenters. The summed E-state index contributed by atoms with van der Waals surface area (Å²) < 4.78 is 38.3. The number of benzene rings is 2. The number of nitrogens with one attached hydrogen (secondary N) is 1. The van der Waals surface area contributed by atoms with Crippen LogP contribution in [0.4, 0.5) is 5.69 Å². The number of amides is 2. The first-order valence-corrected chi connectivity index (χ1v) is 15.4. The van der Waals surface area contributed by atoms with E-state index in [1.807, 2.05) is 38.1 Å². The highest BCUT2D eigenvalue weighted by Crippen LogP contribution is 2.36. The smallest absolute Gasteiger partial charge is 0.244 e. The summed E-state index contributed by atoms with van der Waals surface area (Å²) in [5.74, 6) is 0.108. The summed E-state index contributed by atoms with van der Waals surface area (Å²) in [6.07, 6.45) is 5.59. The molecule has 9 nitrogen and oxygen atoms in total. The van der Waals surface area contributed by atoms with Gasteiger partial charge in [0.15, 0.2) is 11.5 Å². The number of fused-ring (bicyclic) bond motifs is 1. The minimum atomic E-state index is -3.82. The van der Waals surface area contributed by atoms with Crippen molar-refractivity contribution in [1.82, 2.24) is 10.2 Å². The predicted octanol–water partition coefficient (Wildman–Crippen LogP) is 4.14. The van der Waals surface area contributed by atoms with Crippen molar-refractivity contribution < 1.29 is 27.5 Å². The standard InChI is InChI=1S/C29H39N3O6S/c1-4-25(29(34)30-23-9-7-6-8-10-23)31(18-22-13-11-21(3)12-14-22)28(33)19-32(39(35,36)5-2)24-15-16-26-27(17-24)38-20-37-26/h11-17,23,25H,4-10,18-20H2,1-3H3,(H,30,34). The number of aryl methyl sites for hydroxylation is 1. The van der Waals surface area contributed by atoms with Gasteiger partial charge in [-0.15, -0.1) is 0 Å². The Balaban J connectivity index is 1.63. The maximum Gasteiger partial charge on any atom is 0.244 e. The Bertz CT molecular complexity index is 1260. The van der Waals surface area contributed by atoms with Gasteiger partial charge in [0, 0.05) is 18.7 Å². The van der Waals surface area contributed by atoms with E-state index < -0.39 is 28.5 Å². The molecule has 1 aliphatic carbocycles. The average molecular weight is 558 g/mol. The van der Waals surface area contributed by atoms with E-state index in [9.17, 15) is 18.0 Å². The van der Waals surface area contributed by atoms with Gasteiger partial charge in [-0.1, -0.05) is 56.0 Å². The quantitative estimate of drug-likeness (QED) is 0.445. The number of hydrogen-bond donors (Lipinski definition) is 1. The molecule has 39 heavy (non-hydrogen) atoms. The van der Waals surface area contributed by atoms with E-state index in [2.05, 4.69) is 5.32 Å². The Morgan fingerprint density at radius 3 is 2.36 bits per heavy atom. The minimum absolute atomic E-state index is 0.0524. The number of hydrogen-bond acceptors (Lipinski definition) is 6. The van der Waals surface area contributed by atoms with E-state index in [1.165, 1.54) is 18.2 Å². The maximum atomic E-state index is 14.0. The first kappa shape index (κ1) is 28.7. The third kappa shape index (κ3) is 7.03. The Labute approximate surface area is 231 Å². The van der Waals surface area contributed by atoms with Crippen LogP contribution in [-0.4, -0.2) is 56.3 Å². The molecular formula is C29H39N3O6S. The molecule has 1 saturated carbocycles. The molecule has 1 N–H and O–H groups in total. The fourth-order valence-corrected chi connectivity index (χ4v) is 6.17. The third-order valence-electron chi connectivity index (χ3n) is 7.43. The highest BCUT2D eigenvalue weighted by atomic mass is 32.2. The average Bonchev–Trinajstić information content (AvgIpc) is 3.41. The van der Waals surface area contributed by atoms with Gasteiger partial charge in [0.2, 0.25) is 28.6 Å². The number of sulfonamides is 1. The van der Waals surface area contributed by atoms with Gasteiger partial charge in [0.25, 0.3) is 0 Å². The van der Waals surface area contributed by atoms with Gasteiger partial charge >= 0.3 is 0 Å². The summed E-state index contributed by atoms with van der Waals surface area (Å²) in [7, 11) is -3.82. The van der Waals surface area contributed by atoms with Crippen molar-refractivity contribution in [1.29, 1.82) is 0 Å². The van der Waals surface area contributed by atoms with Crippen LogP contribution in [0.15, 0.2) is 42.5 Å². The molecular weight excluding hydrogens is 518 g/mol. The van der Waals surface area contributed by atoms with Gasteiger partial charge in [0.05, 0.1) is 11.4 Å². The monoisotopic (exact) mass is 557 g/mol. The molecule has 1 aliphatic heterocycles. The lowest BCUT2D eigenvalue weighted by molar-refractivity contribution is -0.140. The largest absolute Gasteiger partial charge is 0.454 e. The zero-order chi connectivity index (χ0) is 28.0. The number of carbonyl (C=O) groups excluding carboxylic acids is 2. The van der Waals surface area contributed by atoms with Gasteiger partial charge < -0.3 is 19.7 Å². The summed E-state index contributed by atoms with van der Waals surface area (Å²) in [6, 6.07) is 12.0. The first-order valence-electron chi connectivity index (χ1n) is 13.8. The Kier molecular flexibility index (Phi) is 9.37. The third-order valence-corrected chi connectivity index (χ3v) is 9.18. The van der Waals surface area contributed by atoms with Crippen molar-refractivity contribution in [2.45, 2.75) is 77.9 Å². The van der Waals surface area contributed by atoms with Crippen molar-refractivity contribution in [2.75, 3.05) is 23.4 Å². The number of rotatable bonds is 11. The van der Waals surface area contributed by atoms with Crippen LogP contribution >= 0.6 is 0 Å². The highest BCUT2D eigenvalue weighted by molar-refractivity contribution is 7.92. The summed E-state index contributed by atoms with van der Waals surface area (Å²) in [4.78, 5) is 29.0. The van der Waals surface area contributed by atoms with E-state index >= 15 is 0 Å². The van der Waals surface area contributed by atoms with Crippen molar-refractivity contribution in [3.8, 4) is 11.5 Å². The molecule has 212 valence electrons. The number of ether oxygens (including phenoxy) is 2. The van der Waals surface area contributed by atoms with Crippen molar-refractivity contribution in [3.63, 3.8) is 0 Å². The predicted molar refractivity (Wildman–Crippen MR) is 150 cm³/mol. The molecule has 1 heterocycles. The SMILES string of the molecule is CCC(C(=O)NC1CCCCC1)N(Cc1ccc(C)cc1)C(=O)CN(c1ccc2c(c1)OCO2)S(=O)(=O)CC. The lowest BCUT2D eigenvalue weighted by Gasteiger charge is -2.34. The molecule has 1 unspecified atom stereocenters. The van der Waals surface area contributed by atoms with Gasteiger partial charge in [-0.05, 0) is 50.8 Å². The van der Waals surface area contributed by atoms with E-state index in [4.69, 9.17) is 9.47 Å². The van der Waals surface area contributed by atoms with Gasteiger partial charge in [-0.25, -0.2) is 8.42 Å². The second-order valence-electron chi connectivity index (χ2n) is 10.2. The number of carbonyl (C=O) groups is 2. The van der Waals surface area contributed by atoms with Crippen molar-refractivity contribution >= 4 is 27.5 Å². The molecule has 0 radical (unpaired) electrons. The Hall–Kier alpha value is -3.27. The van der Waals surface area contributed by atoms with Crippen LogP contribution in [0, 0.1) is 6.92 Å². The minimum Gasteiger partial charge on any atom is -0.454 e. The lowest BCUT2D eigenvalue weighted by atomic mass is 9.95. The molecule has 2 aromatic carbocycles. The van der Waals surface area contributed by atoms with Gasteiger partial charge in [-0.2, -0.15) is 0 Å². The highest BCUT2D eigenvalue weighted by Gasteiger charge is 2.34. The molecule has 4 rings (SSSR count). The van der Waals surface area contributed by atoms with Crippen LogP contribution in [0.2, 0.25) is 0 Å². The molecule has 10 heteroatoms. The van der Waals surface area contributed by atoms with E-state index in [0.717, 1.165) is 41.1 Å². The normalized spacial score (nSPS) is 16.0. The molecule has 0 saturated heterocycles. The molecule has 0 aromatic heterocycles. The van der Waals surface area contributed by atoms with Crippen LogP contribution in [0.25, 0.3) is 0 Å². The van der Waals surface area contributed by atoms with Gasteiger partial charge in [0.1, 0.15) is 12.6 Å². The summed E-state index contributed by atoms with van der Waals surface area (Å²) in [5.41, 5.74) is 2.26. The van der Waals surface area contributed by atoms with Crippen LogP contribution < -0.4 is 19.1 Å². The van der Waals surface area contributed by atoms with Crippen molar-refractivity contribution in [3.05, 3.63) is 53.6 Å². The fourth-order valence-electron chi connectivity index (χ4n) is 5.11. The Morgan fingerprint density at radius 2 is 1.69 bits per heavy atom. The summed E-state index contributed by atoms with van der Waals surface area (Å²) in [5, 5.41) is 3.16. The van der Waals surface area contributed by atoms with Crippen LogP contribution in [-0.2, 0) is 26.2 Å². The molecule has 0 bridgehead atoms. The van der Waals surface area contributed by atoms with Crippen LogP contribution in [0.5, 0.6) is 11.5 Å². The zero-order valence-electron chi connectivity index (χ0n) is 23.0. The number of anilines is 1. The topological polar surface area (TPSA) is 105 Å². The van der Waals surface area contributed by atoms with Gasteiger partial charge in [-0.3, -0.25) is 13.9 Å². The number of nitrogens with zero attached hydrogens (tertiary/aromatic N) is 2. The second-order valence-corrected chi connectivity index (χ2v) is 12.4. The zero-order valence-corrected chi connectivity index (χ0v) is 23.8. The summed E-state index contributed by atoms with van der Waals surface area (Å²) >= 11 is 0. The summed E-state index contributed by atoms with van der Waals surface area (Å²) in [6.45, 7) is 5.20. The van der Waals surface area contributed by atoms with E-state index in [0.29, 0.717) is 23.6 Å². The molecule has 2 amide bonds. The Morgan fingerprint density at radius 1 is 1.00 bits per heavy atom. The van der Waals surface area contributed by atoms with E-state index in [-0.39, 0.29) is 31.0 Å². The second kappa shape index (κ2) is 12.7. The van der Waals surface area contributed by atoms with Crippen LogP contribution in [0.3, 0.4) is 0 Å². The molecule has 1 fully saturated rings. The van der Waals surface area contributed by atoms with Crippen LogP contribution in [0.1, 0.15) is 63.5 Å². The molecule has 2 aliphatic rings. The molecule has 0 spiro atoms.